The van der Waals surface area contributed by atoms with E-state index in [2.05, 4.69) is 10.9 Å². The SMILES string of the molecule is O=C(NNc1ccc(F)cc1)C1(c2ccc(F)cc2)CCCCC1. The van der Waals surface area contributed by atoms with E-state index in [1.165, 1.54) is 24.3 Å². The average molecular weight is 330 g/mol. The summed E-state index contributed by atoms with van der Waals surface area (Å²) in [6.45, 7) is 0. The summed E-state index contributed by atoms with van der Waals surface area (Å²) >= 11 is 0. The molecule has 3 rings (SSSR count). The number of nitrogens with one attached hydrogen (secondary N) is 2. The molecule has 0 aliphatic heterocycles. The lowest BCUT2D eigenvalue weighted by atomic mass is 9.69. The Labute approximate surface area is 140 Å². The molecule has 2 aromatic carbocycles. The van der Waals surface area contributed by atoms with E-state index in [4.69, 9.17) is 0 Å². The van der Waals surface area contributed by atoms with Gasteiger partial charge in [-0.25, -0.2) is 8.78 Å². The summed E-state index contributed by atoms with van der Waals surface area (Å²) in [4.78, 5) is 12.9. The standard InChI is InChI=1S/C19H20F2N2O/c20-15-6-4-14(5-7-15)19(12-2-1-3-13-19)18(24)23-22-17-10-8-16(21)9-11-17/h4-11,22H,1-3,12-13H2,(H,23,24). The van der Waals surface area contributed by atoms with Crippen LogP contribution >= 0.6 is 0 Å². The van der Waals surface area contributed by atoms with Crippen LogP contribution in [0.2, 0.25) is 0 Å². The van der Waals surface area contributed by atoms with Gasteiger partial charge < -0.3 is 0 Å². The number of hydrogen-bond donors (Lipinski definition) is 2. The molecule has 0 bridgehead atoms. The second-order valence-electron chi connectivity index (χ2n) is 6.24. The molecule has 1 amide bonds. The normalized spacial score (nSPS) is 16.4. The third kappa shape index (κ3) is 3.40. The summed E-state index contributed by atoms with van der Waals surface area (Å²) < 4.78 is 26.2. The monoisotopic (exact) mass is 330 g/mol. The van der Waals surface area contributed by atoms with Gasteiger partial charge in [-0.05, 0) is 54.8 Å². The Morgan fingerprint density at radius 3 is 1.96 bits per heavy atom. The van der Waals surface area contributed by atoms with Crippen molar-refractivity contribution in [1.29, 1.82) is 0 Å². The molecule has 0 spiro atoms. The summed E-state index contributed by atoms with van der Waals surface area (Å²) in [6.07, 6.45) is 4.48. The fraction of sp³-hybridized carbons (Fsp3) is 0.316. The van der Waals surface area contributed by atoms with Crippen molar-refractivity contribution in [3.63, 3.8) is 0 Å². The molecule has 0 unspecified atom stereocenters. The zero-order chi connectivity index (χ0) is 17.0. The van der Waals surface area contributed by atoms with E-state index in [0.717, 1.165) is 37.7 Å². The lowest BCUT2D eigenvalue weighted by molar-refractivity contribution is -0.127. The van der Waals surface area contributed by atoms with Crippen LogP contribution in [0.15, 0.2) is 48.5 Å². The van der Waals surface area contributed by atoms with Crippen LogP contribution in [-0.4, -0.2) is 5.91 Å². The summed E-state index contributed by atoms with van der Waals surface area (Å²) in [6, 6.07) is 11.9. The third-order valence-electron chi connectivity index (χ3n) is 4.70. The second kappa shape index (κ2) is 6.99. The predicted molar refractivity (Wildman–Crippen MR) is 89.3 cm³/mol. The molecule has 5 heteroatoms. The van der Waals surface area contributed by atoms with Crippen molar-refractivity contribution in [2.45, 2.75) is 37.5 Å². The number of anilines is 1. The average Bonchev–Trinajstić information content (AvgIpc) is 2.62. The zero-order valence-electron chi connectivity index (χ0n) is 13.3. The van der Waals surface area contributed by atoms with Crippen molar-refractivity contribution in [3.05, 3.63) is 65.7 Å². The molecular weight excluding hydrogens is 310 g/mol. The summed E-state index contributed by atoms with van der Waals surface area (Å²) in [5, 5.41) is 0. The van der Waals surface area contributed by atoms with E-state index in [1.54, 1.807) is 24.3 Å². The third-order valence-corrected chi connectivity index (χ3v) is 4.70. The topological polar surface area (TPSA) is 41.1 Å². The first-order valence-electron chi connectivity index (χ1n) is 8.18. The number of rotatable bonds is 4. The van der Waals surface area contributed by atoms with Gasteiger partial charge in [0, 0.05) is 0 Å². The van der Waals surface area contributed by atoms with Crippen molar-refractivity contribution in [3.8, 4) is 0 Å². The molecule has 2 N–H and O–H groups in total. The van der Waals surface area contributed by atoms with E-state index in [-0.39, 0.29) is 17.5 Å². The van der Waals surface area contributed by atoms with Gasteiger partial charge in [0.15, 0.2) is 0 Å². The van der Waals surface area contributed by atoms with E-state index in [9.17, 15) is 13.6 Å². The summed E-state index contributed by atoms with van der Waals surface area (Å²) in [7, 11) is 0. The van der Waals surface area contributed by atoms with Crippen molar-refractivity contribution in [2.75, 3.05) is 5.43 Å². The molecule has 0 radical (unpaired) electrons. The van der Waals surface area contributed by atoms with Crippen molar-refractivity contribution < 1.29 is 13.6 Å². The highest BCUT2D eigenvalue weighted by molar-refractivity contribution is 5.89. The molecular formula is C19H20F2N2O. The smallest absolute Gasteiger partial charge is 0.248 e. The Morgan fingerprint density at radius 2 is 1.38 bits per heavy atom. The van der Waals surface area contributed by atoms with Crippen LogP contribution in [0.1, 0.15) is 37.7 Å². The molecule has 1 fully saturated rings. The van der Waals surface area contributed by atoms with Gasteiger partial charge in [0.25, 0.3) is 0 Å². The minimum absolute atomic E-state index is 0.141. The number of carbonyl (C=O) groups excluding carboxylic acids is 1. The van der Waals surface area contributed by atoms with Crippen LogP contribution in [0, 0.1) is 11.6 Å². The maximum atomic E-state index is 13.2. The van der Waals surface area contributed by atoms with Crippen molar-refractivity contribution in [2.24, 2.45) is 0 Å². The largest absolute Gasteiger partial charge is 0.299 e. The molecule has 0 atom stereocenters. The highest BCUT2D eigenvalue weighted by atomic mass is 19.1. The van der Waals surface area contributed by atoms with E-state index in [1.807, 2.05) is 0 Å². The van der Waals surface area contributed by atoms with Gasteiger partial charge >= 0.3 is 0 Å². The summed E-state index contributed by atoms with van der Waals surface area (Å²) in [5.41, 5.74) is 6.36. The minimum atomic E-state index is -0.654. The molecule has 0 aromatic heterocycles. The highest BCUT2D eigenvalue weighted by Gasteiger charge is 2.41. The molecule has 0 heterocycles. The van der Waals surface area contributed by atoms with Crippen molar-refractivity contribution in [1.82, 2.24) is 5.43 Å². The first-order valence-corrected chi connectivity index (χ1v) is 8.18. The van der Waals surface area contributed by atoms with E-state index in [0.29, 0.717) is 5.69 Å². The molecule has 0 saturated heterocycles. The first-order chi connectivity index (χ1) is 11.6. The lowest BCUT2D eigenvalue weighted by Crippen LogP contribution is -2.47. The van der Waals surface area contributed by atoms with Gasteiger partial charge in [0.1, 0.15) is 11.6 Å². The fourth-order valence-electron chi connectivity index (χ4n) is 3.35. The Bertz CT molecular complexity index is 692. The number of carbonyl (C=O) groups is 1. The quantitative estimate of drug-likeness (QED) is 0.820. The van der Waals surface area contributed by atoms with Crippen LogP contribution in [0.3, 0.4) is 0 Å². The molecule has 3 nitrogen and oxygen atoms in total. The fourth-order valence-corrected chi connectivity index (χ4v) is 3.35. The number of amides is 1. The predicted octanol–water partition coefficient (Wildman–Crippen LogP) is 4.31. The van der Waals surface area contributed by atoms with Gasteiger partial charge in [0.2, 0.25) is 5.91 Å². The minimum Gasteiger partial charge on any atom is -0.299 e. The van der Waals surface area contributed by atoms with Gasteiger partial charge in [-0.15, -0.1) is 0 Å². The van der Waals surface area contributed by atoms with Gasteiger partial charge in [0.05, 0.1) is 11.1 Å². The van der Waals surface area contributed by atoms with Crippen LogP contribution < -0.4 is 10.9 Å². The molecule has 2 aromatic rings. The van der Waals surface area contributed by atoms with E-state index < -0.39 is 5.41 Å². The Hall–Kier alpha value is -2.43. The highest BCUT2D eigenvalue weighted by Crippen LogP contribution is 2.39. The van der Waals surface area contributed by atoms with Crippen LogP contribution in [-0.2, 0) is 10.2 Å². The number of hydrazine groups is 1. The molecule has 1 aliphatic carbocycles. The molecule has 1 saturated carbocycles. The first kappa shape index (κ1) is 16.4. The lowest BCUT2D eigenvalue weighted by Gasteiger charge is -2.36. The molecule has 126 valence electrons. The van der Waals surface area contributed by atoms with E-state index >= 15 is 0 Å². The van der Waals surface area contributed by atoms with Crippen LogP contribution in [0.5, 0.6) is 0 Å². The second-order valence-corrected chi connectivity index (χ2v) is 6.24. The number of hydrogen-bond acceptors (Lipinski definition) is 2. The Kier molecular flexibility index (Phi) is 4.79. The van der Waals surface area contributed by atoms with Gasteiger partial charge in [-0.1, -0.05) is 31.4 Å². The number of benzene rings is 2. The van der Waals surface area contributed by atoms with Gasteiger partial charge in [-0.2, -0.15) is 0 Å². The van der Waals surface area contributed by atoms with Gasteiger partial charge in [-0.3, -0.25) is 15.6 Å². The molecule has 1 aliphatic rings. The molecule has 24 heavy (non-hydrogen) atoms. The maximum absolute atomic E-state index is 13.2. The van der Waals surface area contributed by atoms with Crippen LogP contribution in [0.25, 0.3) is 0 Å². The maximum Gasteiger partial charge on any atom is 0.248 e. The zero-order valence-corrected chi connectivity index (χ0v) is 13.3. The number of halogens is 2. The summed E-state index contributed by atoms with van der Waals surface area (Å²) in [5.74, 6) is -0.783. The van der Waals surface area contributed by atoms with Crippen LogP contribution in [0.4, 0.5) is 14.5 Å². The Balaban J connectivity index is 1.78. The van der Waals surface area contributed by atoms with Crippen molar-refractivity contribution >= 4 is 11.6 Å². The Morgan fingerprint density at radius 1 is 0.833 bits per heavy atom.